The van der Waals surface area contributed by atoms with Gasteiger partial charge in [-0.05, 0) is 121 Å². The van der Waals surface area contributed by atoms with Crippen LogP contribution >= 0.6 is 11.3 Å². The summed E-state index contributed by atoms with van der Waals surface area (Å²) in [5.74, 6) is -0.944. The van der Waals surface area contributed by atoms with Gasteiger partial charge < -0.3 is 29.2 Å². The van der Waals surface area contributed by atoms with Crippen molar-refractivity contribution in [3.8, 4) is 22.5 Å². The highest BCUT2D eigenvalue weighted by Gasteiger charge is 2.59. The summed E-state index contributed by atoms with van der Waals surface area (Å²) >= 11 is 1.46. The summed E-state index contributed by atoms with van der Waals surface area (Å²) in [6.07, 6.45) is 9.63. The van der Waals surface area contributed by atoms with Crippen molar-refractivity contribution in [1.29, 1.82) is 0 Å². The molecule has 6 bridgehead atoms. The molecule has 2 aliphatic carbocycles. The van der Waals surface area contributed by atoms with Gasteiger partial charge in [0.05, 0.1) is 52.7 Å². The Kier molecular flexibility index (Phi) is 13.6. The number of amides is 3. The zero-order chi connectivity index (χ0) is 56.9. The molecule has 1 spiro atoms. The predicted molar refractivity (Wildman–Crippen MR) is 303 cm³/mol. The van der Waals surface area contributed by atoms with Gasteiger partial charge in [0.1, 0.15) is 18.1 Å². The Morgan fingerprint density at radius 3 is 2.53 bits per heavy atom. The minimum absolute atomic E-state index is 0.0823. The number of likely N-dealkylation sites (tertiary alicyclic amines) is 2. The SMILES string of the molecule is [2H]C([2H])([2H])N1[C@H](C2CC2)[C@@H]1C(=O)N1CC[C@]2(CCN([C@H](C(=O)N[C@H]3Cc4nc(cs4)-c4ccc5c(c4)c(c(-c4cc(N6CCN(C7CC7)CC6)cnc4[C@H](C)OC)n5CC)CC(C)(C)COC(=O)[C@@H]4CCCN(N4)C3=O)C(C)C)C2)C1. The van der Waals surface area contributed by atoms with Crippen molar-refractivity contribution in [3.63, 3.8) is 0 Å². The number of aryl methyl sites for hydroxylation is 1. The lowest BCUT2D eigenvalue weighted by Gasteiger charge is -2.37. The Hall–Kier alpha value is -4.98. The number of ether oxygens (including phenoxy) is 2. The van der Waals surface area contributed by atoms with Gasteiger partial charge >= 0.3 is 5.97 Å². The third kappa shape index (κ3) is 10.4. The van der Waals surface area contributed by atoms with E-state index in [-0.39, 0.29) is 60.1 Å². The van der Waals surface area contributed by atoms with Crippen molar-refractivity contribution in [1.82, 2.24) is 49.9 Å². The molecule has 420 valence electrons. The maximum atomic E-state index is 15.0. The molecule has 1 aromatic carbocycles. The minimum Gasteiger partial charge on any atom is -0.464 e. The molecule has 1 unspecified atom stereocenters. The molecular formula is C60H83N11O6S. The number of carbonyl (C=O) groups excluding carboxylic acids is 4. The van der Waals surface area contributed by atoms with Crippen molar-refractivity contribution in [3.05, 3.63) is 52.1 Å². The van der Waals surface area contributed by atoms with E-state index in [2.05, 4.69) is 82.0 Å². The first kappa shape index (κ1) is 50.0. The smallest absolute Gasteiger partial charge is 0.324 e. The second-order valence-electron chi connectivity index (χ2n) is 25.3. The maximum Gasteiger partial charge on any atom is 0.324 e. The molecule has 4 aromatic rings. The molecular weight excluding hydrogens is 1000 g/mol. The molecule has 78 heavy (non-hydrogen) atoms. The number of pyridine rings is 1. The molecule has 2 N–H and O–H groups in total. The van der Waals surface area contributed by atoms with E-state index in [9.17, 15) is 19.2 Å². The molecule has 9 heterocycles. The Morgan fingerprint density at radius 1 is 1.00 bits per heavy atom. The van der Waals surface area contributed by atoms with Crippen LogP contribution in [0.1, 0.15) is 119 Å². The average Bonchev–Trinajstić information content (AvgIpc) is 4.42. The highest BCUT2D eigenvalue weighted by Crippen LogP contribution is 2.49. The predicted octanol–water partition coefficient (Wildman–Crippen LogP) is 6.53. The zero-order valence-corrected chi connectivity index (χ0v) is 47.7. The molecule has 5 saturated heterocycles. The molecule has 3 amide bonds. The number of thiazole rings is 1. The van der Waals surface area contributed by atoms with Crippen LogP contribution < -0.4 is 15.6 Å². The molecule has 12 rings (SSSR count). The molecule has 3 aromatic heterocycles. The Morgan fingerprint density at radius 2 is 1.79 bits per heavy atom. The number of methoxy groups -OCH3 is 1. The third-order valence-electron chi connectivity index (χ3n) is 18.7. The number of cyclic esters (lactones) is 1. The summed E-state index contributed by atoms with van der Waals surface area (Å²) < 4.78 is 39.0. The molecule has 17 nitrogen and oxygen atoms in total. The number of aromatic nitrogens is 3. The number of esters is 1. The molecule has 8 aliphatic rings. The number of benzene rings is 1. The van der Waals surface area contributed by atoms with E-state index in [0.717, 1.165) is 108 Å². The van der Waals surface area contributed by atoms with Crippen LogP contribution in [0.2, 0.25) is 0 Å². The van der Waals surface area contributed by atoms with E-state index in [1.54, 1.807) is 7.11 Å². The summed E-state index contributed by atoms with van der Waals surface area (Å²) in [6.45, 7) is 17.8. The van der Waals surface area contributed by atoms with Crippen LogP contribution in [0.4, 0.5) is 5.69 Å². The van der Waals surface area contributed by atoms with Gasteiger partial charge in [-0.25, -0.2) is 10.4 Å². The average molecular weight is 1090 g/mol. The fourth-order valence-electron chi connectivity index (χ4n) is 14.0. The first-order chi connectivity index (χ1) is 38.7. The summed E-state index contributed by atoms with van der Waals surface area (Å²) in [7, 11) is 1.73. The van der Waals surface area contributed by atoms with Crippen LogP contribution in [0.5, 0.6) is 0 Å². The lowest BCUT2D eigenvalue weighted by molar-refractivity contribution is -0.155. The van der Waals surface area contributed by atoms with E-state index in [4.69, 9.17) is 23.6 Å². The minimum atomic E-state index is -2.30. The number of hydrazine groups is 1. The molecule has 18 heteroatoms. The van der Waals surface area contributed by atoms with Gasteiger partial charge in [-0.2, -0.15) is 0 Å². The monoisotopic (exact) mass is 1090 g/mol. The Bertz CT molecular complexity index is 3060. The van der Waals surface area contributed by atoms with Gasteiger partial charge in [-0.15, -0.1) is 11.3 Å². The number of carbonyl (C=O) groups is 4. The first-order valence-corrected chi connectivity index (χ1v) is 30.1. The summed E-state index contributed by atoms with van der Waals surface area (Å²) in [5, 5.41) is 8.54. The van der Waals surface area contributed by atoms with E-state index in [1.165, 1.54) is 34.1 Å². The summed E-state index contributed by atoms with van der Waals surface area (Å²) in [6, 6.07) is 6.48. The van der Waals surface area contributed by atoms with Crippen LogP contribution in [0.3, 0.4) is 0 Å². The summed E-state index contributed by atoms with van der Waals surface area (Å²) in [5.41, 5.74) is 10.5. The van der Waals surface area contributed by atoms with Gasteiger partial charge in [-0.3, -0.25) is 43.9 Å². The quantitative estimate of drug-likeness (QED) is 0.117. The fourth-order valence-corrected chi connectivity index (χ4v) is 14.8. The number of hydrogen-bond donors (Lipinski definition) is 2. The number of likely N-dealkylation sites (N-methyl/N-ethyl adjacent to an activating group) is 1. The highest BCUT2D eigenvalue weighted by molar-refractivity contribution is 7.10. The lowest BCUT2D eigenvalue weighted by Crippen LogP contribution is -2.62. The van der Waals surface area contributed by atoms with E-state index in [0.29, 0.717) is 63.5 Å². The number of hydrogen-bond acceptors (Lipinski definition) is 14. The fraction of sp³-hybridized carbons (Fsp3) is 0.667. The maximum absolute atomic E-state index is 15.0. The number of nitrogens with zero attached hydrogens (tertiary/aromatic N) is 9. The number of anilines is 1. The second-order valence-corrected chi connectivity index (χ2v) is 26.3. The van der Waals surface area contributed by atoms with E-state index < -0.39 is 42.5 Å². The number of piperazine rings is 1. The summed E-state index contributed by atoms with van der Waals surface area (Å²) in [4.78, 5) is 79.2. The van der Waals surface area contributed by atoms with Gasteiger partial charge in [-0.1, -0.05) is 33.8 Å². The highest BCUT2D eigenvalue weighted by atomic mass is 32.1. The van der Waals surface area contributed by atoms with Crippen LogP contribution in [0.25, 0.3) is 33.4 Å². The number of nitrogens with one attached hydrogen (secondary N) is 2. The van der Waals surface area contributed by atoms with E-state index >= 15 is 0 Å². The normalized spacial score (nSPS) is 29.6. The molecule has 8 atom stereocenters. The standard InChI is InChI=1S/C60H83N11O6S/c1-9-70-48-17-14-39-27-42(48)44(53(70)43-28-41(31-61-50(43)37(4)76-8)67-25-23-66(24-26-67)40-15-16-40)30-59(5,6)35-77-58(75)45-11-10-20-71(64-45)56(73)46(29-49-62-47(39)32-78-49)63-55(72)51(36(2)3)68-21-18-60(33-68)19-22-69(34-60)57(74)54-52(65(54)7)38-12-13-38/h14,17,27-28,31-32,36-38,40,45-46,51-52,54,64H,9-13,15-16,18-26,29-30,33-35H2,1-8H3,(H,63,72)/t37-,45-,46-,51-,52+,54+,60-,65?/m0/s1/i7D3. The van der Waals surface area contributed by atoms with Crippen LogP contribution in [-0.4, -0.2) is 179 Å². The molecule has 0 radical (unpaired) electrons. The van der Waals surface area contributed by atoms with Crippen molar-refractivity contribution < 1.29 is 32.8 Å². The second kappa shape index (κ2) is 21.2. The first-order valence-electron chi connectivity index (χ1n) is 30.7. The van der Waals surface area contributed by atoms with Crippen molar-refractivity contribution >= 4 is 51.6 Å². The lowest BCUT2D eigenvalue weighted by atomic mass is 9.84. The van der Waals surface area contributed by atoms with Gasteiger partial charge in [0.2, 0.25) is 11.8 Å². The van der Waals surface area contributed by atoms with Gasteiger partial charge in [0.25, 0.3) is 5.91 Å². The van der Waals surface area contributed by atoms with Crippen LogP contribution in [0, 0.1) is 22.7 Å². The van der Waals surface area contributed by atoms with Crippen molar-refractivity contribution in [2.75, 3.05) is 84.5 Å². The third-order valence-corrected chi connectivity index (χ3v) is 19.6. The van der Waals surface area contributed by atoms with Gasteiger partial charge in [0, 0.05) is 127 Å². The number of rotatable bonds is 12. The van der Waals surface area contributed by atoms with Crippen LogP contribution in [-0.2, 0) is 48.0 Å². The van der Waals surface area contributed by atoms with Crippen LogP contribution in [0.15, 0.2) is 35.8 Å². The largest absolute Gasteiger partial charge is 0.464 e. The molecule has 6 aliphatic heterocycles. The molecule has 2 saturated carbocycles. The molecule has 7 fully saturated rings. The van der Waals surface area contributed by atoms with Crippen molar-refractivity contribution in [2.24, 2.45) is 22.7 Å². The topological polar surface area (TPSA) is 161 Å². The van der Waals surface area contributed by atoms with E-state index in [1.807, 2.05) is 30.3 Å². The zero-order valence-electron chi connectivity index (χ0n) is 49.9. The Labute approximate surface area is 468 Å². The van der Waals surface area contributed by atoms with Gasteiger partial charge in [0.15, 0.2) is 0 Å². The Balaban J connectivity index is 0.842. The number of fused-ring (bicyclic) bond motifs is 6. The van der Waals surface area contributed by atoms with Crippen molar-refractivity contribution in [2.45, 2.75) is 155 Å².